The van der Waals surface area contributed by atoms with Gasteiger partial charge in [0.15, 0.2) is 5.00 Å². The first-order valence-electron chi connectivity index (χ1n) is 15.1. The van der Waals surface area contributed by atoms with Crippen molar-refractivity contribution in [2.75, 3.05) is 77.5 Å². The van der Waals surface area contributed by atoms with Gasteiger partial charge in [-0.3, -0.25) is 0 Å². The van der Waals surface area contributed by atoms with Crippen LogP contribution in [-0.2, 0) is 23.7 Å². The summed E-state index contributed by atoms with van der Waals surface area (Å²) in [6.45, 7) is 13.0. The highest BCUT2D eigenvalue weighted by Crippen LogP contribution is 2.36. The van der Waals surface area contributed by atoms with Gasteiger partial charge in [-0.2, -0.15) is 10.5 Å². The normalized spacial score (nSPS) is 11.0. The van der Waals surface area contributed by atoms with Crippen LogP contribution in [0, 0.1) is 43.4 Å². The molecule has 1 aromatic heterocycles. The van der Waals surface area contributed by atoms with Crippen LogP contribution in [0.25, 0.3) is 0 Å². The molecule has 1 heterocycles. The van der Waals surface area contributed by atoms with E-state index < -0.39 is 0 Å². The number of thiophene rings is 1. The molecule has 11 nitrogen and oxygen atoms in total. The lowest BCUT2D eigenvalue weighted by molar-refractivity contribution is -0.00846. The molecule has 0 aliphatic heterocycles. The van der Waals surface area contributed by atoms with Crippen molar-refractivity contribution in [3.8, 4) is 12.1 Å². The standard InChI is InChI=1S/C34H41N5O6S/c1-5-39(28-10-11-31(26(3)22-28)37-38-33-30(23-35)27(4)32(24-36)46-33)12-13-41-14-15-42-16-17-43-18-19-44-20-21-45-34(40)29-9-7-6-8-25(29)2/h6-11,22H,5,12-21H2,1-4H3. The van der Waals surface area contributed by atoms with Gasteiger partial charge in [0.05, 0.1) is 69.7 Å². The van der Waals surface area contributed by atoms with Crippen LogP contribution < -0.4 is 4.90 Å². The van der Waals surface area contributed by atoms with Gasteiger partial charge in [0.25, 0.3) is 0 Å². The summed E-state index contributed by atoms with van der Waals surface area (Å²) in [6, 6.07) is 17.5. The Kier molecular flexibility index (Phi) is 15.8. The number of rotatable bonds is 20. The monoisotopic (exact) mass is 647 g/mol. The summed E-state index contributed by atoms with van der Waals surface area (Å²) in [5, 5.41) is 27.7. The number of azo groups is 1. The number of ether oxygens (including phenoxy) is 5. The number of benzene rings is 2. The van der Waals surface area contributed by atoms with E-state index in [0.717, 1.165) is 29.9 Å². The number of carbonyl (C=O) groups excluding carboxylic acids is 1. The van der Waals surface area contributed by atoms with E-state index in [2.05, 4.69) is 40.3 Å². The van der Waals surface area contributed by atoms with E-state index in [1.165, 1.54) is 11.3 Å². The van der Waals surface area contributed by atoms with E-state index in [4.69, 9.17) is 23.7 Å². The molecule has 2 aromatic carbocycles. The number of nitriles is 2. The van der Waals surface area contributed by atoms with E-state index >= 15 is 0 Å². The second kappa shape index (κ2) is 20.1. The van der Waals surface area contributed by atoms with Crippen LogP contribution in [-0.4, -0.2) is 78.5 Å². The smallest absolute Gasteiger partial charge is 0.338 e. The van der Waals surface area contributed by atoms with Crippen LogP contribution in [0.1, 0.15) is 44.4 Å². The molecule has 3 rings (SSSR count). The number of likely N-dealkylation sites (N-methyl/N-ethyl adjacent to an activating group) is 1. The summed E-state index contributed by atoms with van der Waals surface area (Å²) in [5.41, 5.74) is 5.20. The largest absolute Gasteiger partial charge is 0.460 e. The third kappa shape index (κ3) is 11.3. The van der Waals surface area contributed by atoms with Crippen LogP contribution in [0.3, 0.4) is 0 Å². The lowest BCUT2D eigenvalue weighted by atomic mass is 10.1. The maximum Gasteiger partial charge on any atom is 0.338 e. The highest BCUT2D eigenvalue weighted by molar-refractivity contribution is 7.16. The van der Waals surface area contributed by atoms with Crippen molar-refractivity contribution in [3.63, 3.8) is 0 Å². The molecular weight excluding hydrogens is 606 g/mol. The van der Waals surface area contributed by atoms with Gasteiger partial charge in [-0.05, 0) is 68.7 Å². The molecule has 0 aliphatic rings. The third-order valence-corrected chi connectivity index (χ3v) is 8.05. The molecule has 0 amide bonds. The highest BCUT2D eigenvalue weighted by Gasteiger charge is 2.15. The van der Waals surface area contributed by atoms with Crippen molar-refractivity contribution in [1.29, 1.82) is 10.5 Å². The maximum absolute atomic E-state index is 12.0. The molecule has 0 unspecified atom stereocenters. The molecule has 0 saturated heterocycles. The molecule has 12 heteroatoms. The van der Waals surface area contributed by atoms with Crippen LogP contribution in [0.5, 0.6) is 0 Å². The van der Waals surface area contributed by atoms with Gasteiger partial charge < -0.3 is 28.6 Å². The molecule has 0 radical (unpaired) electrons. The Hall–Kier alpha value is -4.17. The van der Waals surface area contributed by atoms with E-state index in [9.17, 15) is 15.3 Å². The van der Waals surface area contributed by atoms with Crippen molar-refractivity contribution in [3.05, 3.63) is 75.2 Å². The van der Waals surface area contributed by atoms with Crippen LogP contribution >= 0.6 is 11.3 Å². The zero-order chi connectivity index (χ0) is 33.1. The number of carbonyl (C=O) groups is 1. The molecule has 0 fully saturated rings. The van der Waals surface area contributed by atoms with Crippen LogP contribution in [0.4, 0.5) is 16.4 Å². The van der Waals surface area contributed by atoms with Crippen LogP contribution in [0.2, 0.25) is 0 Å². The number of hydrogen-bond donors (Lipinski definition) is 0. The van der Waals surface area contributed by atoms with Gasteiger partial charge >= 0.3 is 5.97 Å². The first-order chi connectivity index (χ1) is 22.4. The molecular formula is C34H41N5O6S. The van der Waals surface area contributed by atoms with Crippen molar-refractivity contribution >= 4 is 33.7 Å². The molecule has 244 valence electrons. The Labute approximate surface area is 274 Å². The molecule has 0 spiro atoms. The average Bonchev–Trinajstić information content (AvgIpc) is 3.37. The lowest BCUT2D eigenvalue weighted by Gasteiger charge is -2.23. The first kappa shape index (κ1) is 36.3. The van der Waals surface area contributed by atoms with Gasteiger partial charge in [0.2, 0.25) is 0 Å². The van der Waals surface area contributed by atoms with Crippen LogP contribution in [0.15, 0.2) is 52.7 Å². The predicted octanol–water partition coefficient (Wildman–Crippen LogP) is 6.58. The Morgan fingerprint density at radius 1 is 0.804 bits per heavy atom. The molecule has 46 heavy (non-hydrogen) atoms. The van der Waals surface area contributed by atoms with E-state index in [-0.39, 0.29) is 12.6 Å². The van der Waals surface area contributed by atoms with Gasteiger partial charge in [-0.1, -0.05) is 18.2 Å². The van der Waals surface area contributed by atoms with Gasteiger partial charge in [0.1, 0.15) is 23.6 Å². The van der Waals surface area contributed by atoms with Gasteiger partial charge in [0, 0.05) is 18.8 Å². The van der Waals surface area contributed by atoms with E-state index in [1.807, 2.05) is 44.2 Å². The molecule has 0 bridgehead atoms. The lowest BCUT2D eigenvalue weighted by Crippen LogP contribution is -2.27. The van der Waals surface area contributed by atoms with E-state index in [0.29, 0.717) is 85.1 Å². The Morgan fingerprint density at radius 3 is 2.02 bits per heavy atom. The number of hydrogen-bond acceptors (Lipinski definition) is 12. The topological polar surface area (TPSA) is 139 Å². The molecule has 3 aromatic rings. The summed E-state index contributed by atoms with van der Waals surface area (Å²) in [5.74, 6) is -0.345. The summed E-state index contributed by atoms with van der Waals surface area (Å²) in [6.07, 6.45) is 0. The highest BCUT2D eigenvalue weighted by atomic mass is 32.1. The Morgan fingerprint density at radius 2 is 1.43 bits per heavy atom. The SMILES string of the molecule is CCN(CCOCCOCCOCCOCCOC(=O)c1ccccc1C)c1ccc(N=Nc2sc(C#N)c(C)c2C#N)c(C)c1. The number of anilines is 1. The van der Waals surface area contributed by atoms with Crippen molar-refractivity contribution in [2.24, 2.45) is 10.2 Å². The summed E-state index contributed by atoms with van der Waals surface area (Å²) >= 11 is 1.17. The zero-order valence-electron chi connectivity index (χ0n) is 26.9. The molecule has 0 aliphatic carbocycles. The quantitative estimate of drug-likeness (QED) is 0.0756. The fraction of sp³-hybridized carbons (Fsp3) is 0.441. The summed E-state index contributed by atoms with van der Waals surface area (Å²) in [7, 11) is 0. The summed E-state index contributed by atoms with van der Waals surface area (Å²) < 4.78 is 27.5. The molecule has 0 saturated carbocycles. The molecule has 0 N–H and O–H groups in total. The molecule has 0 atom stereocenters. The van der Waals surface area contributed by atoms with Gasteiger partial charge in [-0.25, -0.2) is 4.79 Å². The predicted molar refractivity (Wildman–Crippen MR) is 176 cm³/mol. The van der Waals surface area contributed by atoms with Crippen molar-refractivity contribution < 1.29 is 28.5 Å². The minimum atomic E-state index is -0.345. The zero-order valence-corrected chi connectivity index (χ0v) is 27.7. The average molecular weight is 648 g/mol. The minimum absolute atomic E-state index is 0.193. The van der Waals surface area contributed by atoms with Gasteiger partial charge in [-0.15, -0.1) is 21.6 Å². The number of aryl methyl sites for hydroxylation is 2. The summed E-state index contributed by atoms with van der Waals surface area (Å²) in [4.78, 5) is 14.7. The fourth-order valence-corrected chi connectivity index (χ4v) is 5.21. The van der Waals surface area contributed by atoms with Crippen molar-refractivity contribution in [2.45, 2.75) is 27.7 Å². The Balaban J connectivity index is 1.23. The second-order valence-electron chi connectivity index (χ2n) is 10.1. The minimum Gasteiger partial charge on any atom is -0.460 e. The maximum atomic E-state index is 12.0. The van der Waals surface area contributed by atoms with Crippen molar-refractivity contribution in [1.82, 2.24) is 0 Å². The first-order valence-corrected chi connectivity index (χ1v) is 16.0. The second-order valence-corrected chi connectivity index (χ2v) is 11.1. The van der Waals surface area contributed by atoms with E-state index in [1.54, 1.807) is 13.0 Å². The number of esters is 1. The number of nitrogens with zero attached hydrogens (tertiary/aromatic N) is 5. The third-order valence-electron chi connectivity index (χ3n) is 6.96. The Bertz CT molecular complexity index is 1530. The fourth-order valence-electron chi connectivity index (χ4n) is 4.33.